The minimum absolute atomic E-state index is 0.475. The molecule has 0 atom stereocenters. The van der Waals surface area contributed by atoms with Crippen molar-refractivity contribution in [1.82, 2.24) is 0 Å². The number of hydrogen-bond acceptors (Lipinski definition) is 4. The van der Waals surface area contributed by atoms with Crippen LogP contribution in [0.1, 0.15) is 5.56 Å². The fourth-order valence-corrected chi connectivity index (χ4v) is 2.04. The van der Waals surface area contributed by atoms with Crippen LogP contribution >= 0.6 is 0 Å². The Kier molecular flexibility index (Phi) is 4.94. The zero-order valence-electron chi connectivity index (χ0n) is 13.0. The van der Waals surface area contributed by atoms with Crippen LogP contribution in [0.4, 0.5) is 17.1 Å². The summed E-state index contributed by atoms with van der Waals surface area (Å²) in [5.74, 6) is 0.475. The topological polar surface area (TPSA) is 75.1 Å². The minimum atomic E-state index is 0.475. The number of para-hydroxylation sites is 2. The first-order valence-electron chi connectivity index (χ1n) is 7.53. The van der Waals surface area contributed by atoms with Gasteiger partial charge in [-0.15, -0.1) is 10.2 Å². The lowest BCUT2D eigenvalue weighted by atomic mass is 10.2. The molecule has 0 unspecified atom stereocenters. The van der Waals surface area contributed by atoms with E-state index in [2.05, 4.69) is 20.8 Å². The molecule has 118 valence electrons. The zero-order chi connectivity index (χ0) is 16.6. The third-order valence-corrected chi connectivity index (χ3v) is 3.29. The Morgan fingerprint density at radius 3 is 2.08 bits per heavy atom. The van der Waals surface area contributed by atoms with Crippen molar-refractivity contribution < 1.29 is 0 Å². The number of benzene rings is 3. The molecule has 0 spiro atoms. The van der Waals surface area contributed by atoms with Crippen LogP contribution in [0.25, 0.3) is 0 Å². The summed E-state index contributed by atoms with van der Waals surface area (Å²) in [6, 6.07) is 26.7. The Morgan fingerprint density at radius 1 is 0.750 bits per heavy atom. The lowest BCUT2D eigenvalue weighted by Gasteiger charge is -2.03. The summed E-state index contributed by atoms with van der Waals surface area (Å²) < 4.78 is 0. The van der Waals surface area contributed by atoms with Crippen LogP contribution in [0.5, 0.6) is 0 Å². The number of hydrogen-bond donors (Lipinski definition) is 2. The maximum absolute atomic E-state index is 5.90. The molecular formula is C19H17N5. The monoisotopic (exact) mass is 315 g/mol. The molecule has 0 aliphatic heterocycles. The van der Waals surface area contributed by atoms with Crippen LogP contribution in [0, 0.1) is 0 Å². The first-order valence-corrected chi connectivity index (χ1v) is 7.53. The van der Waals surface area contributed by atoms with Crippen molar-refractivity contribution >= 4 is 22.9 Å². The van der Waals surface area contributed by atoms with Crippen molar-refractivity contribution in [1.29, 1.82) is 0 Å². The van der Waals surface area contributed by atoms with Gasteiger partial charge in [-0.1, -0.05) is 60.7 Å². The van der Waals surface area contributed by atoms with E-state index in [0.717, 1.165) is 11.3 Å². The molecule has 3 N–H and O–H groups in total. The summed E-state index contributed by atoms with van der Waals surface area (Å²) in [6.07, 6.45) is 0. The highest BCUT2D eigenvalue weighted by atomic mass is 15.3. The van der Waals surface area contributed by atoms with E-state index in [9.17, 15) is 0 Å². The number of anilines is 2. The van der Waals surface area contributed by atoms with E-state index in [1.807, 2.05) is 78.9 Å². The molecule has 0 saturated heterocycles. The van der Waals surface area contributed by atoms with E-state index in [0.29, 0.717) is 17.2 Å². The minimum Gasteiger partial charge on any atom is -0.397 e. The van der Waals surface area contributed by atoms with E-state index >= 15 is 0 Å². The van der Waals surface area contributed by atoms with E-state index in [-0.39, 0.29) is 0 Å². The van der Waals surface area contributed by atoms with Gasteiger partial charge in [-0.2, -0.15) is 5.10 Å². The summed E-state index contributed by atoms with van der Waals surface area (Å²) >= 11 is 0. The van der Waals surface area contributed by atoms with Gasteiger partial charge in [-0.25, -0.2) is 0 Å². The van der Waals surface area contributed by atoms with Gasteiger partial charge in [0.1, 0.15) is 5.69 Å². The molecule has 3 aromatic carbocycles. The molecule has 0 saturated carbocycles. The number of amidine groups is 1. The van der Waals surface area contributed by atoms with Crippen LogP contribution in [0.15, 0.2) is 100 Å². The Hall–Kier alpha value is -3.47. The Bertz CT molecular complexity index is 842. The third kappa shape index (κ3) is 4.04. The molecular weight excluding hydrogens is 298 g/mol. The van der Waals surface area contributed by atoms with Gasteiger partial charge in [-0.05, 0) is 24.3 Å². The highest BCUT2D eigenvalue weighted by molar-refractivity contribution is 5.99. The average Bonchev–Trinajstić information content (AvgIpc) is 2.65. The predicted octanol–water partition coefficient (Wildman–Crippen LogP) is 4.83. The number of hydrazone groups is 1. The van der Waals surface area contributed by atoms with Crippen molar-refractivity contribution in [2.45, 2.75) is 0 Å². The van der Waals surface area contributed by atoms with Gasteiger partial charge in [0.25, 0.3) is 0 Å². The average molecular weight is 315 g/mol. The fraction of sp³-hybridized carbons (Fsp3) is 0. The lowest BCUT2D eigenvalue weighted by Crippen LogP contribution is -2.01. The lowest BCUT2D eigenvalue weighted by molar-refractivity contribution is 1.22. The molecule has 0 heterocycles. The van der Waals surface area contributed by atoms with E-state index in [1.54, 1.807) is 6.07 Å². The molecule has 0 fully saturated rings. The second-order valence-electron chi connectivity index (χ2n) is 5.04. The highest BCUT2D eigenvalue weighted by Crippen LogP contribution is 2.21. The molecule has 0 amide bonds. The van der Waals surface area contributed by atoms with Crippen molar-refractivity contribution in [3.8, 4) is 0 Å². The number of azo groups is 1. The summed E-state index contributed by atoms with van der Waals surface area (Å²) in [4.78, 5) is 0. The molecule has 0 aliphatic carbocycles. The van der Waals surface area contributed by atoms with Gasteiger partial charge in [0.2, 0.25) is 5.84 Å². The zero-order valence-corrected chi connectivity index (χ0v) is 13.0. The van der Waals surface area contributed by atoms with E-state index in [4.69, 9.17) is 5.73 Å². The first kappa shape index (κ1) is 15.4. The van der Waals surface area contributed by atoms with Gasteiger partial charge >= 0.3 is 0 Å². The summed E-state index contributed by atoms with van der Waals surface area (Å²) in [6.45, 7) is 0. The number of nitrogens with two attached hydrogens (primary N) is 1. The van der Waals surface area contributed by atoms with Gasteiger partial charge in [0.15, 0.2) is 0 Å². The molecule has 24 heavy (non-hydrogen) atoms. The molecule has 3 rings (SSSR count). The Balaban J connectivity index is 1.89. The normalized spacial score (nSPS) is 11.6. The SMILES string of the molecule is Nc1ccccc1N=NC(=NNc1ccccc1)c1ccccc1. The summed E-state index contributed by atoms with van der Waals surface area (Å²) in [7, 11) is 0. The van der Waals surface area contributed by atoms with Crippen LogP contribution in [0.2, 0.25) is 0 Å². The maximum Gasteiger partial charge on any atom is 0.201 e. The molecule has 5 heteroatoms. The van der Waals surface area contributed by atoms with Crippen molar-refractivity contribution in [3.05, 3.63) is 90.5 Å². The number of nitrogens with zero attached hydrogens (tertiary/aromatic N) is 3. The van der Waals surface area contributed by atoms with Crippen LogP contribution in [-0.2, 0) is 0 Å². The Labute approximate surface area is 140 Å². The maximum atomic E-state index is 5.90. The second kappa shape index (κ2) is 7.69. The number of nitrogens with one attached hydrogen (secondary N) is 1. The van der Waals surface area contributed by atoms with E-state index in [1.165, 1.54) is 0 Å². The molecule has 5 nitrogen and oxygen atoms in total. The second-order valence-corrected chi connectivity index (χ2v) is 5.04. The molecule has 0 radical (unpaired) electrons. The molecule has 0 aromatic heterocycles. The molecule has 3 aromatic rings. The smallest absolute Gasteiger partial charge is 0.201 e. The Morgan fingerprint density at radius 2 is 1.38 bits per heavy atom. The largest absolute Gasteiger partial charge is 0.397 e. The van der Waals surface area contributed by atoms with Gasteiger partial charge in [0.05, 0.1) is 11.4 Å². The number of rotatable bonds is 4. The van der Waals surface area contributed by atoms with Crippen LogP contribution in [-0.4, -0.2) is 5.84 Å². The first-order chi connectivity index (χ1) is 11.8. The number of nitrogen functional groups attached to an aromatic ring is 1. The molecule has 0 aliphatic rings. The fourth-order valence-electron chi connectivity index (χ4n) is 2.04. The summed E-state index contributed by atoms with van der Waals surface area (Å²) in [5, 5.41) is 12.9. The standard InChI is InChI=1S/C19H17N5/c20-17-13-7-8-14-18(17)22-24-19(15-9-3-1-4-10-15)23-21-16-11-5-2-6-12-16/h1-14,21H,20H2. The van der Waals surface area contributed by atoms with Gasteiger partial charge in [-0.3, -0.25) is 5.43 Å². The van der Waals surface area contributed by atoms with Crippen LogP contribution in [0.3, 0.4) is 0 Å². The highest BCUT2D eigenvalue weighted by Gasteiger charge is 2.03. The van der Waals surface area contributed by atoms with E-state index < -0.39 is 0 Å². The van der Waals surface area contributed by atoms with Gasteiger partial charge < -0.3 is 5.73 Å². The molecule has 0 bridgehead atoms. The summed E-state index contributed by atoms with van der Waals surface area (Å²) in [5.41, 5.74) is 11.8. The van der Waals surface area contributed by atoms with Gasteiger partial charge in [0, 0.05) is 5.56 Å². The van der Waals surface area contributed by atoms with Crippen molar-refractivity contribution in [2.24, 2.45) is 15.3 Å². The third-order valence-electron chi connectivity index (χ3n) is 3.29. The van der Waals surface area contributed by atoms with Crippen LogP contribution < -0.4 is 11.2 Å². The quantitative estimate of drug-likeness (QED) is 0.238. The predicted molar refractivity (Wildman–Crippen MR) is 98.4 cm³/mol. The van der Waals surface area contributed by atoms with Crippen molar-refractivity contribution in [3.63, 3.8) is 0 Å². The van der Waals surface area contributed by atoms with Crippen molar-refractivity contribution in [2.75, 3.05) is 11.2 Å².